The molecule has 0 aliphatic rings. The fraction of sp³-hybridized carbons (Fsp3) is 0.308. The Morgan fingerprint density at radius 3 is 2.61 bits per heavy atom. The van der Waals surface area contributed by atoms with Crippen LogP contribution in [-0.4, -0.2) is 32.1 Å². The third-order valence-corrected chi connectivity index (χ3v) is 5.54. The number of fused-ring (bicyclic) bond motifs is 1. The van der Waals surface area contributed by atoms with Crippen LogP contribution >= 0.6 is 0 Å². The zero-order chi connectivity index (χ0) is 23.2. The number of rotatable bonds is 10. The molecule has 3 aromatic heterocycles. The minimum Gasteiger partial charge on any atom is -0.481 e. The van der Waals surface area contributed by atoms with Gasteiger partial charge in [0.05, 0.1) is 17.4 Å². The van der Waals surface area contributed by atoms with Gasteiger partial charge in [0.1, 0.15) is 17.5 Å². The normalized spacial score (nSPS) is 12.1. The number of ether oxygens (including phenoxy) is 1. The van der Waals surface area contributed by atoms with E-state index in [0.29, 0.717) is 29.2 Å². The predicted molar refractivity (Wildman–Crippen MR) is 126 cm³/mol. The number of furan rings is 1. The minimum atomic E-state index is -0.779. The topological polar surface area (TPSA) is 98.3 Å². The Morgan fingerprint density at radius 2 is 1.91 bits per heavy atom. The number of aliphatic carboxylic acids is 1. The van der Waals surface area contributed by atoms with Gasteiger partial charge in [-0.1, -0.05) is 43.3 Å². The van der Waals surface area contributed by atoms with E-state index in [1.807, 2.05) is 49.5 Å². The Labute approximate surface area is 192 Å². The summed E-state index contributed by atoms with van der Waals surface area (Å²) in [4.78, 5) is 24.2. The quantitative estimate of drug-likeness (QED) is 0.302. The Bertz CT molecular complexity index is 1220. The largest absolute Gasteiger partial charge is 0.481 e. The molecule has 0 spiro atoms. The number of benzene rings is 1. The molecule has 33 heavy (non-hydrogen) atoms. The minimum absolute atomic E-state index is 0.143. The molecule has 4 aromatic rings. The van der Waals surface area contributed by atoms with Gasteiger partial charge < -0.3 is 14.3 Å². The predicted octanol–water partition coefficient (Wildman–Crippen LogP) is 5.93. The molecule has 0 saturated carbocycles. The summed E-state index contributed by atoms with van der Waals surface area (Å²) < 4.78 is 12.4. The third kappa shape index (κ3) is 5.19. The number of unbranched alkanes of at least 4 members (excludes halogenated alkanes) is 1. The second kappa shape index (κ2) is 10.3. The van der Waals surface area contributed by atoms with Crippen molar-refractivity contribution in [3.05, 3.63) is 60.6 Å². The fourth-order valence-electron chi connectivity index (χ4n) is 3.77. The maximum Gasteiger partial charge on any atom is 0.303 e. The number of hydrogen-bond donors (Lipinski definition) is 1. The first-order chi connectivity index (χ1) is 16.1. The van der Waals surface area contributed by atoms with Gasteiger partial charge in [-0.3, -0.25) is 9.78 Å². The molecule has 0 fully saturated rings. The number of carboxylic acids is 1. The molecule has 0 radical (unpaired) electrons. The van der Waals surface area contributed by atoms with Gasteiger partial charge in [0, 0.05) is 18.2 Å². The van der Waals surface area contributed by atoms with Gasteiger partial charge in [-0.2, -0.15) is 0 Å². The molecule has 1 N–H and O–H groups in total. The molecule has 0 saturated heterocycles. The van der Waals surface area contributed by atoms with Crippen LogP contribution in [0.4, 0.5) is 0 Å². The monoisotopic (exact) mass is 445 g/mol. The van der Waals surface area contributed by atoms with Gasteiger partial charge >= 0.3 is 5.97 Å². The van der Waals surface area contributed by atoms with Gasteiger partial charge in [-0.05, 0) is 44.2 Å². The van der Waals surface area contributed by atoms with Gasteiger partial charge in [0.2, 0.25) is 11.6 Å². The van der Waals surface area contributed by atoms with Crippen molar-refractivity contribution in [1.82, 2.24) is 15.0 Å². The highest BCUT2D eigenvalue weighted by Crippen LogP contribution is 2.42. The van der Waals surface area contributed by atoms with Crippen LogP contribution in [0.25, 0.3) is 33.7 Å². The van der Waals surface area contributed by atoms with Crippen molar-refractivity contribution >= 4 is 17.1 Å². The lowest BCUT2D eigenvalue weighted by molar-refractivity contribution is -0.137. The van der Waals surface area contributed by atoms with Gasteiger partial charge in [-0.25, -0.2) is 9.97 Å². The van der Waals surface area contributed by atoms with Gasteiger partial charge in [-0.15, -0.1) is 0 Å². The van der Waals surface area contributed by atoms with E-state index in [1.165, 1.54) is 6.33 Å². The lowest BCUT2D eigenvalue weighted by atomic mass is 10.0. The van der Waals surface area contributed by atoms with Crippen molar-refractivity contribution in [3.63, 3.8) is 0 Å². The average Bonchev–Trinajstić information content (AvgIpc) is 3.23. The molecule has 0 bridgehead atoms. The lowest BCUT2D eigenvalue weighted by Gasteiger charge is -2.14. The number of aromatic nitrogens is 3. The van der Waals surface area contributed by atoms with E-state index in [0.717, 1.165) is 41.6 Å². The third-order valence-electron chi connectivity index (χ3n) is 5.54. The second-order valence-corrected chi connectivity index (χ2v) is 8.00. The van der Waals surface area contributed by atoms with Crippen LogP contribution in [0.2, 0.25) is 0 Å². The molecule has 3 heterocycles. The van der Waals surface area contributed by atoms with E-state index in [2.05, 4.69) is 23.0 Å². The van der Waals surface area contributed by atoms with Crippen molar-refractivity contribution < 1.29 is 19.1 Å². The van der Waals surface area contributed by atoms with Crippen LogP contribution in [0.5, 0.6) is 5.88 Å². The van der Waals surface area contributed by atoms with Crippen molar-refractivity contribution in [1.29, 1.82) is 0 Å². The molecule has 7 heteroatoms. The lowest BCUT2D eigenvalue weighted by Crippen LogP contribution is -2.13. The Kier molecular flexibility index (Phi) is 6.98. The van der Waals surface area contributed by atoms with Crippen LogP contribution in [0, 0.1) is 0 Å². The summed E-state index contributed by atoms with van der Waals surface area (Å²) >= 11 is 0. The van der Waals surface area contributed by atoms with Crippen LogP contribution in [-0.2, 0) is 11.2 Å². The molecule has 4 rings (SSSR count). The Morgan fingerprint density at radius 1 is 1.09 bits per heavy atom. The maximum absolute atomic E-state index is 10.7. The van der Waals surface area contributed by atoms with E-state index in [9.17, 15) is 4.79 Å². The molecule has 0 aliphatic carbocycles. The summed E-state index contributed by atoms with van der Waals surface area (Å²) in [5.74, 6) is 0.328. The second-order valence-electron chi connectivity index (χ2n) is 8.00. The maximum atomic E-state index is 10.7. The summed E-state index contributed by atoms with van der Waals surface area (Å²) in [7, 11) is 0. The van der Waals surface area contributed by atoms with Crippen LogP contribution in [0.1, 0.15) is 45.1 Å². The van der Waals surface area contributed by atoms with Gasteiger partial charge in [0.15, 0.2) is 0 Å². The first kappa shape index (κ1) is 22.5. The van der Waals surface area contributed by atoms with E-state index in [1.54, 1.807) is 0 Å². The number of hydrogen-bond acceptors (Lipinski definition) is 6. The van der Waals surface area contributed by atoms with E-state index in [-0.39, 0.29) is 12.5 Å². The molecule has 0 amide bonds. The molecular weight excluding hydrogens is 418 g/mol. The highest BCUT2D eigenvalue weighted by Gasteiger charge is 2.24. The van der Waals surface area contributed by atoms with E-state index in [4.69, 9.17) is 19.2 Å². The zero-order valence-electron chi connectivity index (χ0n) is 18.8. The number of nitrogens with zero attached hydrogens (tertiary/aromatic N) is 3. The van der Waals surface area contributed by atoms with Gasteiger partial charge in [0.25, 0.3) is 0 Å². The molecule has 7 nitrogen and oxygen atoms in total. The summed E-state index contributed by atoms with van der Waals surface area (Å²) in [5.41, 5.74) is 4.06. The van der Waals surface area contributed by atoms with Crippen molar-refractivity contribution in [2.75, 3.05) is 0 Å². The first-order valence-electron chi connectivity index (χ1n) is 11.2. The fourth-order valence-corrected chi connectivity index (χ4v) is 3.77. The Balaban J connectivity index is 1.74. The first-order valence-corrected chi connectivity index (χ1v) is 11.2. The van der Waals surface area contributed by atoms with Crippen LogP contribution in [0.3, 0.4) is 0 Å². The van der Waals surface area contributed by atoms with E-state index < -0.39 is 5.97 Å². The number of pyridine rings is 1. The summed E-state index contributed by atoms with van der Waals surface area (Å²) in [6, 6.07) is 13.9. The average molecular weight is 446 g/mol. The van der Waals surface area contributed by atoms with Crippen LogP contribution < -0.4 is 4.74 Å². The number of aryl methyl sites for hydroxylation is 1. The molecule has 170 valence electrons. The van der Waals surface area contributed by atoms with Crippen molar-refractivity contribution in [2.45, 2.75) is 52.1 Å². The Hall–Kier alpha value is -3.74. The van der Waals surface area contributed by atoms with Crippen LogP contribution in [0.15, 0.2) is 59.4 Å². The summed E-state index contributed by atoms with van der Waals surface area (Å²) in [5, 5.41) is 9.52. The zero-order valence-corrected chi connectivity index (χ0v) is 18.8. The molecule has 1 atom stereocenters. The van der Waals surface area contributed by atoms with E-state index >= 15 is 0 Å². The number of carbonyl (C=O) groups is 1. The molecule has 0 unspecified atom stereocenters. The molecular formula is C26H27N3O4. The highest BCUT2D eigenvalue weighted by atomic mass is 16.5. The smallest absolute Gasteiger partial charge is 0.303 e. The van der Waals surface area contributed by atoms with Crippen molar-refractivity contribution in [2.24, 2.45) is 0 Å². The number of carboxylic acid groups (broad SMARTS) is 1. The standard InChI is InChI=1S/C26H27N3O4/c1-3-18-13-14-20(27-15-18)22-23-25(32-17(2)9-7-8-12-21(30)31)28-16-29-26(23)33-24(22)19-10-5-4-6-11-19/h4-6,10-11,13-17H,3,7-9,12H2,1-2H3,(H,30,31)/t17-/m1/s1. The SMILES string of the molecule is CCc1ccc(-c2c(-c3ccccc3)oc3ncnc(O[C@H](C)CCCCC(=O)O)c23)nc1. The highest BCUT2D eigenvalue weighted by molar-refractivity contribution is 6.02. The van der Waals surface area contributed by atoms with Crippen molar-refractivity contribution in [3.8, 4) is 28.5 Å². The summed E-state index contributed by atoms with van der Waals surface area (Å²) in [6.45, 7) is 4.05. The summed E-state index contributed by atoms with van der Waals surface area (Å²) in [6.07, 6.45) is 6.33. The molecule has 0 aliphatic heterocycles. The molecule has 1 aromatic carbocycles.